The van der Waals surface area contributed by atoms with Crippen molar-refractivity contribution < 1.29 is 23.7 Å². The smallest absolute Gasteiger partial charge is 0.311 e. The molecule has 7 nitrogen and oxygen atoms in total. The van der Waals surface area contributed by atoms with Crippen LogP contribution in [0.5, 0.6) is 0 Å². The minimum Gasteiger partial charge on any atom is -0.469 e. The number of methoxy groups -OCH3 is 2. The van der Waals surface area contributed by atoms with Crippen molar-refractivity contribution in [1.29, 1.82) is 0 Å². The van der Waals surface area contributed by atoms with Gasteiger partial charge in [-0.2, -0.15) is 0 Å². The van der Waals surface area contributed by atoms with Gasteiger partial charge in [-0.15, -0.1) is 11.8 Å². The quantitative estimate of drug-likeness (QED) is 0.593. The summed E-state index contributed by atoms with van der Waals surface area (Å²) in [5, 5.41) is 8.44. The fourth-order valence-electron chi connectivity index (χ4n) is 4.90. The van der Waals surface area contributed by atoms with Gasteiger partial charge in [0.05, 0.1) is 26.1 Å². The standard InChI is InChI=1S/C22H18N2O5S/c1-27-19(25)15-16(20(26)28-2)22(14-11-7-4-8-12-14)18-17(23-29-24-18)21(15,30-22)13-9-5-3-6-10-13/h3-12,15-16H,1-2H3/t15-,16-,21-,22+/m1/s1. The van der Waals surface area contributed by atoms with Crippen molar-refractivity contribution in [3.63, 3.8) is 0 Å². The highest BCUT2D eigenvalue weighted by molar-refractivity contribution is 8.02. The Balaban J connectivity index is 1.89. The van der Waals surface area contributed by atoms with E-state index in [4.69, 9.17) is 14.1 Å². The number of nitrogens with zero attached hydrogens (tertiary/aromatic N) is 2. The third-order valence-corrected chi connectivity index (χ3v) is 8.05. The van der Waals surface area contributed by atoms with Crippen molar-refractivity contribution >= 4 is 23.7 Å². The van der Waals surface area contributed by atoms with Gasteiger partial charge in [0.1, 0.15) is 20.9 Å². The molecule has 0 aliphatic carbocycles. The Morgan fingerprint density at radius 3 is 1.57 bits per heavy atom. The van der Waals surface area contributed by atoms with Gasteiger partial charge in [-0.3, -0.25) is 9.59 Å². The predicted octanol–water partition coefficient (Wildman–Crippen LogP) is 2.90. The molecule has 8 heteroatoms. The van der Waals surface area contributed by atoms with E-state index in [2.05, 4.69) is 10.3 Å². The highest BCUT2D eigenvalue weighted by atomic mass is 32.2. The average Bonchev–Trinajstić information content (AvgIpc) is 3.48. The number of carbonyl (C=O) groups excluding carboxylic acids is 2. The maximum atomic E-state index is 13.2. The number of rotatable bonds is 4. The molecule has 3 aromatic rings. The molecule has 0 spiro atoms. The lowest BCUT2D eigenvalue weighted by atomic mass is 9.63. The summed E-state index contributed by atoms with van der Waals surface area (Å²) >= 11 is 1.48. The van der Waals surface area contributed by atoms with E-state index < -0.39 is 33.3 Å². The fraction of sp³-hybridized carbons (Fsp3) is 0.273. The lowest BCUT2D eigenvalue weighted by Crippen LogP contribution is -2.48. The van der Waals surface area contributed by atoms with Gasteiger partial charge >= 0.3 is 11.9 Å². The Labute approximate surface area is 176 Å². The van der Waals surface area contributed by atoms with E-state index in [1.807, 2.05) is 60.7 Å². The van der Waals surface area contributed by atoms with E-state index in [9.17, 15) is 9.59 Å². The van der Waals surface area contributed by atoms with Crippen molar-refractivity contribution in [2.45, 2.75) is 9.49 Å². The summed E-state index contributed by atoms with van der Waals surface area (Å²) in [6.07, 6.45) is 0. The molecule has 0 N–H and O–H groups in total. The maximum absolute atomic E-state index is 13.2. The van der Waals surface area contributed by atoms with Crippen LogP contribution in [0.15, 0.2) is 65.3 Å². The molecule has 0 radical (unpaired) electrons. The van der Waals surface area contributed by atoms with Crippen molar-refractivity contribution in [3.05, 3.63) is 83.2 Å². The number of hydrogen-bond donors (Lipinski definition) is 0. The number of carbonyl (C=O) groups is 2. The van der Waals surface area contributed by atoms with Crippen LogP contribution in [-0.2, 0) is 28.6 Å². The van der Waals surface area contributed by atoms with Crippen LogP contribution < -0.4 is 0 Å². The summed E-state index contributed by atoms with van der Waals surface area (Å²) in [6, 6.07) is 19.0. The largest absolute Gasteiger partial charge is 0.469 e. The Morgan fingerprint density at radius 1 is 0.800 bits per heavy atom. The van der Waals surface area contributed by atoms with E-state index in [1.165, 1.54) is 26.0 Å². The number of hydrogen-bond acceptors (Lipinski definition) is 8. The second kappa shape index (κ2) is 6.70. The molecule has 4 atom stereocenters. The van der Waals surface area contributed by atoms with Gasteiger partial charge in [0.15, 0.2) is 0 Å². The molecule has 2 aromatic carbocycles. The van der Waals surface area contributed by atoms with Crippen LogP contribution in [0.1, 0.15) is 22.5 Å². The summed E-state index contributed by atoms with van der Waals surface area (Å²) in [6.45, 7) is 0. The summed E-state index contributed by atoms with van der Waals surface area (Å²) in [4.78, 5) is 26.4. The zero-order valence-corrected chi connectivity index (χ0v) is 17.1. The first kappa shape index (κ1) is 18.9. The Hall–Kier alpha value is -3.13. The van der Waals surface area contributed by atoms with Crippen LogP contribution in [-0.4, -0.2) is 36.5 Å². The number of fused-ring (bicyclic) bond motifs is 5. The van der Waals surface area contributed by atoms with E-state index in [0.29, 0.717) is 11.4 Å². The Kier molecular flexibility index (Phi) is 4.21. The molecule has 2 aliphatic rings. The third kappa shape index (κ3) is 2.17. The molecule has 1 aromatic heterocycles. The fourth-order valence-corrected chi connectivity index (χ4v) is 7.09. The molecule has 5 rings (SSSR count). The summed E-state index contributed by atoms with van der Waals surface area (Å²) in [5.41, 5.74) is 2.73. The van der Waals surface area contributed by atoms with Gasteiger partial charge < -0.3 is 9.47 Å². The minimum atomic E-state index is -1.00. The van der Waals surface area contributed by atoms with Gasteiger partial charge in [0.2, 0.25) is 0 Å². The number of ether oxygens (including phenoxy) is 2. The first-order valence-electron chi connectivity index (χ1n) is 9.41. The van der Waals surface area contributed by atoms with Crippen molar-refractivity contribution in [2.24, 2.45) is 11.8 Å². The molecule has 2 bridgehead atoms. The molecule has 0 unspecified atom stereocenters. The molecular weight excluding hydrogens is 404 g/mol. The monoisotopic (exact) mass is 422 g/mol. The van der Waals surface area contributed by atoms with E-state index >= 15 is 0 Å². The number of benzene rings is 2. The summed E-state index contributed by atoms with van der Waals surface area (Å²) in [5.74, 6) is -2.76. The first-order chi connectivity index (χ1) is 14.6. The molecule has 30 heavy (non-hydrogen) atoms. The lowest BCUT2D eigenvalue weighted by molar-refractivity contribution is -0.159. The van der Waals surface area contributed by atoms with Crippen LogP contribution in [0.25, 0.3) is 0 Å². The zero-order chi connectivity index (χ0) is 20.9. The molecule has 3 heterocycles. The minimum absolute atomic E-state index is 0.506. The molecule has 0 amide bonds. The van der Waals surface area contributed by atoms with Crippen molar-refractivity contribution in [3.8, 4) is 0 Å². The van der Waals surface area contributed by atoms with Gasteiger partial charge in [0.25, 0.3) is 0 Å². The Bertz CT molecular complexity index is 1030. The second-order valence-corrected chi connectivity index (χ2v) is 8.76. The molecular formula is C22H18N2O5S. The highest BCUT2D eigenvalue weighted by Gasteiger charge is 2.77. The lowest BCUT2D eigenvalue weighted by Gasteiger charge is -2.36. The number of thioether (sulfide) groups is 1. The second-order valence-electron chi connectivity index (χ2n) is 7.27. The predicted molar refractivity (Wildman–Crippen MR) is 107 cm³/mol. The van der Waals surface area contributed by atoms with Crippen LogP contribution in [0.4, 0.5) is 0 Å². The van der Waals surface area contributed by atoms with Gasteiger partial charge in [-0.25, -0.2) is 4.63 Å². The highest BCUT2D eigenvalue weighted by Crippen LogP contribution is 2.76. The van der Waals surface area contributed by atoms with Crippen molar-refractivity contribution in [2.75, 3.05) is 14.2 Å². The van der Waals surface area contributed by atoms with Gasteiger partial charge in [-0.05, 0) is 11.1 Å². The average molecular weight is 422 g/mol. The van der Waals surface area contributed by atoms with Crippen LogP contribution >= 0.6 is 11.8 Å². The van der Waals surface area contributed by atoms with E-state index in [0.717, 1.165) is 11.1 Å². The maximum Gasteiger partial charge on any atom is 0.311 e. The van der Waals surface area contributed by atoms with E-state index in [1.54, 1.807) is 0 Å². The topological polar surface area (TPSA) is 91.5 Å². The SMILES string of the molecule is COC(=O)[C@H]1[C@H](C(=O)OC)[C@@]2(c3ccccc3)S[C@]1(c1ccccc1)c1nonc12. The summed E-state index contributed by atoms with van der Waals surface area (Å²) in [7, 11) is 2.65. The number of aromatic nitrogens is 2. The number of esters is 2. The zero-order valence-electron chi connectivity index (χ0n) is 16.3. The van der Waals surface area contributed by atoms with Crippen LogP contribution in [0.3, 0.4) is 0 Å². The normalized spacial score (nSPS) is 28.7. The summed E-state index contributed by atoms with van der Waals surface area (Å²) < 4.78 is 13.5. The van der Waals surface area contributed by atoms with Crippen molar-refractivity contribution in [1.82, 2.24) is 10.3 Å². The molecule has 1 saturated heterocycles. The van der Waals surface area contributed by atoms with Crippen LogP contribution in [0.2, 0.25) is 0 Å². The molecule has 152 valence electrons. The van der Waals surface area contributed by atoms with E-state index in [-0.39, 0.29) is 0 Å². The van der Waals surface area contributed by atoms with Gasteiger partial charge in [-0.1, -0.05) is 71.0 Å². The molecule has 0 saturated carbocycles. The van der Waals surface area contributed by atoms with Gasteiger partial charge in [0, 0.05) is 0 Å². The first-order valence-corrected chi connectivity index (χ1v) is 10.2. The van der Waals surface area contributed by atoms with Crippen LogP contribution in [0, 0.1) is 11.8 Å². The third-order valence-electron chi connectivity index (χ3n) is 6.04. The molecule has 1 fully saturated rings. The Morgan fingerprint density at radius 2 is 1.20 bits per heavy atom. The molecule has 2 aliphatic heterocycles.